The summed E-state index contributed by atoms with van der Waals surface area (Å²) in [6.07, 6.45) is 1.99. The molecule has 2 rings (SSSR count). The summed E-state index contributed by atoms with van der Waals surface area (Å²) in [5.74, 6) is -2.18. The van der Waals surface area contributed by atoms with E-state index in [2.05, 4.69) is 4.74 Å². The van der Waals surface area contributed by atoms with Crippen LogP contribution in [0.4, 0.5) is 5.69 Å². The third-order valence-electron chi connectivity index (χ3n) is 4.77. The number of rotatable bonds is 9. The number of nitro benzene ring substituents is 1. The first-order valence-corrected chi connectivity index (χ1v) is 9.40. The van der Waals surface area contributed by atoms with Gasteiger partial charge in [0, 0.05) is 19.0 Å². The molecule has 0 aliphatic carbocycles. The molecule has 1 aromatic carbocycles. The van der Waals surface area contributed by atoms with Gasteiger partial charge in [-0.25, -0.2) is 4.79 Å². The number of hydrogen-bond donors (Lipinski definition) is 1. The minimum absolute atomic E-state index is 0.0408. The Kier molecular flexibility index (Phi) is 7.96. The molecular weight excluding hydrogens is 400 g/mol. The van der Waals surface area contributed by atoms with Crippen LogP contribution in [0.5, 0.6) is 11.5 Å². The average molecular weight is 424 g/mol. The molecule has 1 aliphatic heterocycles. The Bertz CT molecular complexity index is 824. The van der Waals surface area contributed by atoms with Gasteiger partial charge < -0.3 is 24.2 Å². The summed E-state index contributed by atoms with van der Waals surface area (Å²) >= 11 is 0. The molecule has 1 heterocycles. The Morgan fingerprint density at radius 2 is 1.97 bits per heavy atom. The van der Waals surface area contributed by atoms with Crippen molar-refractivity contribution in [3.05, 3.63) is 27.8 Å². The number of hydrogen-bond acceptors (Lipinski definition) is 8. The number of carboxylic acids is 1. The van der Waals surface area contributed by atoms with Crippen LogP contribution in [0.2, 0.25) is 0 Å². The smallest absolute Gasteiger partial charge is 0.326 e. The van der Waals surface area contributed by atoms with E-state index in [1.165, 1.54) is 20.3 Å². The number of piperidine rings is 1. The summed E-state index contributed by atoms with van der Waals surface area (Å²) in [6.45, 7) is 0.268. The van der Waals surface area contributed by atoms with E-state index in [1.807, 2.05) is 0 Å². The molecule has 11 heteroatoms. The van der Waals surface area contributed by atoms with Crippen LogP contribution >= 0.6 is 0 Å². The molecule has 1 fully saturated rings. The van der Waals surface area contributed by atoms with Crippen LogP contribution in [-0.2, 0) is 14.3 Å². The van der Waals surface area contributed by atoms with Crippen LogP contribution in [0.25, 0.3) is 0 Å². The number of likely N-dealkylation sites (tertiary alicyclic amines) is 1. The first-order chi connectivity index (χ1) is 14.3. The van der Waals surface area contributed by atoms with E-state index in [9.17, 15) is 29.6 Å². The highest BCUT2D eigenvalue weighted by Gasteiger charge is 2.36. The molecule has 0 unspecified atom stereocenters. The molecule has 0 spiro atoms. The van der Waals surface area contributed by atoms with Crippen molar-refractivity contribution in [3.8, 4) is 11.5 Å². The Morgan fingerprint density at radius 1 is 1.23 bits per heavy atom. The first-order valence-electron chi connectivity index (χ1n) is 9.40. The van der Waals surface area contributed by atoms with Gasteiger partial charge in [0.1, 0.15) is 11.6 Å². The van der Waals surface area contributed by atoms with E-state index in [-0.39, 0.29) is 43.1 Å². The van der Waals surface area contributed by atoms with Gasteiger partial charge in [-0.3, -0.25) is 19.7 Å². The fourth-order valence-corrected chi connectivity index (χ4v) is 3.23. The van der Waals surface area contributed by atoms with Crippen molar-refractivity contribution in [2.24, 2.45) is 0 Å². The molecule has 1 N–H and O–H groups in total. The number of carboxylic acid groups (broad SMARTS) is 1. The van der Waals surface area contributed by atoms with E-state index in [0.717, 1.165) is 11.0 Å². The van der Waals surface area contributed by atoms with E-state index >= 15 is 0 Å². The van der Waals surface area contributed by atoms with Gasteiger partial charge in [-0.05, 0) is 25.7 Å². The largest absolute Gasteiger partial charge is 0.493 e. The number of benzene rings is 1. The van der Waals surface area contributed by atoms with Gasteiger partial charge in [0.05, 0.1) is 31.8 Å². The molecule has 1 saturated heterocycles. The SMILES string of the molecule is COC(=O)CCCOc1cc([N+](=O)[O-])c(C(=O)N2CCCC[C@H]2C(=O)O)cc1OC. The van der Waals surface area contributed by atoms with Gasteiger partial charge >= 0.3 is 11.9 Å². The monoisotopic (exact) mass is 424 g/mol. The van der Waals surface area contributed by atoms with E-state index < -0.39 is 34.5 Å². The highest BCUT2D eigenvalue weighted by Crippen LogP contribution is 2.36. The van der Waals surface area contributed by atoms with Gasteiger partial charge in [0.2, 0.25) is 0 Å². The fourth-order valence-electron chi connectivity index (χ4n) is 3.23. The molecule has 1 aliphatic rings. The summed E-state index contributed by atoms with van der Waals surface area (Å²) in [4.78, 5) is 47.7. The second kappa shape index (κ2) is 10.4. The van der Waals surface area contributed by atoms with E-state index in [4.69, 9.17) is 9.47 Å². The van der Waals surface area contributed by atoms with Gasteiger partial charge in [-0.1, -0.05) is 0 Å². The standard InChI is InChI=1S/C19H24N2O9/c1-28-15-10-12(18(23)20-8-4-3-6-13(20)19(24)25)14(21(26)27)11-16(15)30-9-5-7-17(22)29-2/h10-11,13H,3-9H2,1-2H3,(H,24,25)/t13-/m0/s1. The van der Waals surface area contributed by atoms with E-state index in [0.29, 0.717) is 19.3 Å². The molecule has 1 aromatic rings. The third kappa shape index (κ3) is 5.37. The van der Waals surface area contributed by atoms with Crippen molar-refractivity contribution in [1.82, 2.24) is 4.90 Å². The van der Waals surface area contributed by atoms with Crippen molar-refractivity contribution in [3.63, 3.8) is 0 Å². The van der Waals surface area contributed by atoms with Crippen molar-refractivity contribution in [2.45, 2.75) is 38.1 Å². The maximum atomic E-state index is 13.0. The molecule has 0 bridgehead atoms. The fraction of sp³-hybridized carbons (Fsp3) is 0.526. The second-order valence-electron chi connectivity index (χ2n) is 6.65. The lowest BCUT2D eigenvalue weighted by atomic mass is 10.00. The normalized spacial score (nSPS) is 15.9. The summed E-state index contributed by atoms with van der Waals surface area (Å²) < 4.78 is 15.2. The molecule has 30 heavy (non-hydrogen) atoms. The first kappa shape index (κ1) is 22.9. The Balaban J connectivity index is 2.31. The maximum absolute atomic E-state index is 13.0. The zero-order valence-corrected chi connectivity index (χ0v) is 16.8. The quantitative estimate of drug-likeness (QED) is 0.272. The van der Waals surface area contributed by atoms with E-state index in [1.54, 1.807) is 0 Å². The number of nitrogens with zero attached hydrogens (tertiary/aromatic N) is 2. The topological polar surface area (TPSA) is 146 Å². The predicted octanol–water partition coefficient (Wildman–Crippen LogP) is 2.01. The number of esters is 1. The number of methoxy groups -OCH3 is 2. The number of amides is 1. The molecule has 0 saturated carbocycles. The van der Waals surface area contributed by atoms with Crippen molar-refractivity contribution < 1.29 is 38.6 Å². The molecule has 164 valence electrons. The zero-order valence-electron chi connectivity index (χ0n) is 16.8. The lowest BCUT2D eigenvalue weighted by Gasteiger charge is -2.33. The van der Waals surface area contributed by atoms with Gasteiger partial charge in [0.15, 0.2) is 11.5 Å². The molecule has 11 nitrogen and oxygen atoms in total. The summed E-state index contributed by atoms with van der Waals surface area (Å²) in [5, 5.41) is 21.0. The third-order valence-corrected chi connectivity index (χ3v) is 4.77. The Morgan fingerprint density at radius 3 is 2.57 bits per heavy atom. The Hall–Kier alpha value is -3.37. The average Bonchev–Trinajstić information content (AvgIpc) is 2.75. The minimum atomic E-state index is -1.15. The number of aliphatic carboxylic acids is 1. The molecule has 1 amide bonds. The molecule has 0 radical (unpaired) electrons. The summed E-state index contributed by atoms with van der Waals surface area (Å²) in [5.41, 5.74) is -0.787. The number of nitro groups is 1. The highest BCUT2D eigenvalue weighted by atomic mass is 16.6. The van der Waals surface area contributed by atoms with Gasteiger partial charge in [0.25, 0.3) is 11.6 Å². The van der Waals surface area contributed by atoms with Crippen molar-refractivity contribution >= 4 is 23.5 Å². The van der Waals surface area contributed by atoms with Gasteiger partial charge in [-0.15, -0.1) is 0 Å². The van der Waals surface area contributed by atoms with Crippen LogP contribution in [0.15, 0.2) is 12.1 Å². The zero-order chi connectivity index (χ0) is 22.3. The summed E-state index contributed by atoms with van der Waals surface area (Å²) in [7, 11) is 2.58. The number of carbonyl (C=O) groups excluding carboxylic acids is 2. The number of carbonyl (C=O) groups is 3. The predicted molar refractivity (Wildman–Crippen MR) is 103 cm³/mol. The summed E-state index contributed by atoms with van der Waals surface area (Å²) in [6, 6.07) is 1.22. The molecule has 1 atom stereocenters. The maximum Gasteiger partial charge on any atom is 0.326 e. The number of ether oxygens (including phenoxy) is 3. The van der Waals surface area contributed by atoms with Crippen LogP contribution < -0.4 is 9.47 Å². The molecular formula is C19H24N2O9. The Labute approximate surface area is 172 Å². The van der Waals surface area contributed by atoms with Crippen molar-refractivity contribution in [2.75, 3.05) is 27.4 Å². The highest BCUT2D eigenvalue weighted by molar-refractivity contribution is 6.01. The van der Waals surface area contributed by atoms with Crippen LogP contribution in [-0.4, -0.2) is 66.2 Å². The van der Waals surface area contributed by atoms with Gasteiger partial charge in [-0.2, -0.15) is 0 Å². The van der Waals surface area contributed by atoms with Crippen molar-refractivity contribution in [1.29, 1.82) is 0 Å². The van der Waals surface area contributed by atoms with Crippen LogP contribution in [0.1, 0.15) is 42.5 Å². The second-order valence-corrected chi connectivity index (χ2v) is 6.65. The molecule has 0 aromatic heterocycles. The van der Waals surface area contributed by atoms with Crippen LogP contribution in [0.3, 0.4) is 0 Å². The lowest BCUT2D eigenvalue weighted by Crippen LogP contribution is -2.48. The lowest BCUT2D eigenvalue weighted by molar-refractivity contribution is -0.385. The minimum Gasteiger partial charge on any atom is -0.493 e. The van der Waals surface area contributed by atoms with Crippen LogP contribution in [0, 0.1) is 10.1 Å².